The molecule has 0 aromatic heterocycles. The number of benzene rings is 1. The van der Waals surface area contributed by atoms with Gasteiger partial charge in [-0.2, -0.15) is 0 Å². The van der Waals surface area contributed by atoms with Crippen LogP contribution in [-0.4, -0.2) is 46.3 Å². The molecule has 110 valence electrons. The standard InChI is InChI=1S/C13H17NO6/c15-4-1-9-7-13(14(19)20)12(8-18)11(3-6-17)10(9)2-5-16/h7-8,15-17H,1-6H2. The molecule has 0 amide bonds. The van der Waals surface area contributed by atoms with E-state index in [-0.39, 0.29) is 50.3 Å². The van der Waals surface area contributed by atoms with E-state index in [2.05, 4.69) is 0 Å². The predicted molar refractivity (Wildman–Crippen MR) is 70.9 cm³/mol. The second kappa shape index (κ2) is 7.68. The number of aliphatic hydroxyl groups excluding tert-OH is 3. The van der Waals surface area contributed by atoms with Gasteiger partial charge in [-0.25, -0.2) is 0 Å². The third kappa shape index (κ3) is 3.38. The molecule has 3 N–H and O–H groups in total. The molecular formula is C13H17NO6. The fourth-order valence-corrected chi connectivity index (χ4v) is 2.29. The van der Waals surface area contributed by atoms with Crippen LogP contribution in [0.1, 0.15) is 27.0 Å². The number of aldehydes is 1. The summed E-state index contributed by atoms with van der Waals surface area (Å²) in [5.41, 5.74) is 1.06. The Hall–Kier alpha value is -1.83. The minimum atomic E-state index is -0.659. The number of carbonyl (C=O) groups is 1. The minimum Gasteiger partial charge on any atom is -0.396 e. The monoisotopic (exact) mass is 283 g/mol. The molecule has 1 aromatic carbocycles. The van der Waals surface area contributed by atoms with Crippen LogP contribution < -0.4 is 0 Å². The number of hydrogen-bond acceptors (Lipinski definition) is 6. The lowest BCUT2D eigenvalue weighted by Gasteiger charge is -2.15. The van der Waals surface area contributed by atoms with Gasteiger partial charge in [0.2, 0.25) is 0 Å². The van der Waals surface area contributed by atoms with Crippen LogP contribution in [0, 0.1) is 10.1 Å². The van der Waals surface area contributed by atoms with Gasteiger partial charge in [-0.05, 0) is 36.0 Å². The highest BCUT2D eigenvalue weighted by Crippen LogP contribution is 2.29. The van der Waals surface area contributed by atoms with Crippen molar-refractivity contribution < 1.29 is 25.0 Å². The second-order valence-corrected chi connectivity index (χ2v) is 4.22. The van der Waals surface area contributed by atoms with Crippen LogP contribution in [0.25, 0.3) is 0 Å². The summed E-state index contributed by atoms with van der Waals surface area (Å²) in [6.45, 7) is -0.652. The molecule has 0 bridgehead atoms. The quantitative estimate of drug-likeness (QED) is 0.351. The Bertz CT molecular complexity index is 500. The molecule has 20 heavy (non-hydrogen) atoms. The Kier molecular flexibility index (Phi) is 6.23. The zero-order valence-electron chi connectivity index (χ0n) is 10.9. The van der Waals surface area contributed by atoms with Crippen LogP contribution in [0.5, 0.6) is 0 Å². The van der Waals surface area contributed by atoms with Crippen LogP contribution in [0.15, 0.2) is 6.07 Å². The molecule has 0 spiro atoms. The summed E-state index contributed by atoms with van der Waals surface area (Å²) in [6.07, 6.45) is 0.882. The Balaban J connectivity index is 3.59. The number of aliphatic hydroxyl groups is 3. The molecule has 7 heteroatoms. The third-order valence-corrected chi connectivity index (χ3v) is 3.08. The molecule has 0 aliphatic carbocycles. The second-order valence-electron chi connectivity index (χ2n) is 4.22. The minimum absolute atomic E-state index is 0.0748. The summed E-state index contributed by atoms with van der Waals surface area (Å²) >= 11 is 0. The van der Waals surface area contributed by atoms with Crippen molar-refractivity contribution in [1.82, 2.24) is 0 Å². The number of carbonyl (C=O) groups excluding carboxylic acids is 1. The summed E-state index contributed by atoms with van der Waals surface area (Å²) in [5.74, 6) is 0. The van der Waals surface area contributed by atoms with Crippen molar-refractivity contribution in [3.05, 3.63) is 38.4 Å². The Morgan fingerprint density at radius 3 is 2.05 bits per heavy atom. The van der Waals surface area contributed by atoms with Gasteiger partial charge in [0, 0.05) is 25.9 Å². The van der Waals surface area contributed by atoms with E-state index in [1.54, 1.807) is 0 Å². The van der Waals surface area contributed by atoms with E-state index in [0.29, 0.717) is 23.0 Å². The molecule has 0 fully saturated rings. The number of rotatable bonds is 8. The van der Waals surface area contributed by atoms with Crippen LogP contribution in [-0.2, 0) is 19.3 Å². The van der Waals surface area contributed by atoms with Crippen molar-refractivity contribution in [2.75, 3.05) is 19.8 Å². The Labute approximate surface area is 115 Å². The van der Waals surface area contributed by atoms with Crippen molar-refractivity contribution in [1.29, 1.82) is 0 Å². The molecule has 1 rings (SSSR count). The number of nitro benzene ring substituents is 1. The zero-order valence-corrected chi connectivity index (χ0v) is 10.9. The number of hydrogen-bond donors (Lipinski definition) is 3. The van der Waals surface area contributed by atoms with E-state index in [0.717, 1.165) is 0 Å². The smallest absolute Gasteiger partial charge is 0.280 e. The highest BCUT2D eigenvalue weighted by atomic mass is 16.6. The van der Waals surface area contributed by atoms with Gasteiger partial charge in [-0.1, -0.05) is 0 Å². The zero-order chi connectivity index (χ0) is 15.1. The Morgan fingerprint density at radius 2 is 1.60 bits per heavy atom. The lowest BCUT2D eigenvalue weighted by Crippen LogP contribution is -2.12. The van der Waals surface area contributed by atoms with Gasteiger partial charge in [-0.3, -0.25) is 14.9 Å². The van der Waals surface area contributed by atoms with Crippen molar-refractivity contribution >= 4 is 12.0 Å². The molecule has 0 saturated heterocycles. The first-order valence-electron chi connectivity index (χ1n) is 6.20. The fourth-order valence-electron chi connectivity index (χ4n) is 2.29. The van der Waals surface area contributed by atoms with Gasteiger partial charge >= 0.3 is 0 Å². The van der Waals surface area contributed by atoms with Crippen molar-refractivity contribution in [3.63, 3.8) is 0 Å². The predicted octanol–water partition coefficient (Wildman–Crippen LogP) is 0.0117. The van der Waals surface area contributed by atoms with Gasteiger partial charge in [0.15, 0.2) is 6.29 Å². The largest absolute Gasteiger partial charge is 0.396 e. The van der Waals surface area contributed by atoms with Crippen LogP contribution in [0.2, 0.25) is 0 Å². The topological polar surface area (TPSA) is 121 Å². The molecule has 0 atom stereocenters. The average molecular weight is 283 g/mol. The van der Waals surface area contributed by atoms with E-state index in [1.165, 1.54) is 6.07 Å². The summed E-state index contributed by atoms with van der Waals surface area (Å²) in [4.78, 5) is 21.5. The van der Waals surface area contributed by atoms with Crippen molar-refractivity contribution in [2.45, 2.75) is 19.3 Å². The maximum atomic E-state index is 11.2. The molecule has 7 nitrogen and oxygen atoms in total. The van der Waals surface area contributed by atoms with Crippen molar-refractivity contribution in [2.24, 2.45) is 0 Å². The van der Waals surface area contributed by atoms with Gasteiger partial charge in [-0.15, -0.1) is 0 Å². The van der Waals surface area contributed by atoms with Gasteiger partial charge in [0.1, 0.15) is 0 Å². The lowest BCUT2D eigenvalue weighted by molar-refractivity contribution is -0.385. The highest BCUT2D eigenvalue weighted by Gasteiger charge is 2.23. The molecule has 0 aliphatic heterocycles. The summed E-state index contributed by atoms with van der Waals surface area (Å²) < 4.78 is 0. The van der Waals surface area contributed by atoms with E-state index < -0.39 is 4.92 Å². The first kappa shape index (κ1) is 16.2. The van der Waals surface area contributed by atoms with Crippen LogP contribution in [0.3, 0.4) is 0 Å². The fraction of sp³-hybridized carbons (Fsp3) is 0.462. The van der Waals surface area contributed by atoms with Crippen molar-refractivity contribution in [3.8, 4) is 0 Å². The van der Waals surface area contributed by atoms with Gasteiger partial charge < -0.3 is 15.3 Å². The number of nitrogens with zero attached hydrogens (tertiary/aromatic N) is 1. The van der Waals surface area contributed by atoms with Gasteiger partial charge in [0.25, 0.3) is 5.69 Å². The first-order chi connectivity index (χ1) is 9.60. The van der Waals surface area contributed by atoms with Crippen LogP contribution in [0.4, 0.5) is 5.69 Å². The maximum Gasteiger partial charge on any atom is 0.280 e. The molecule has 0 heterocycles. The molecule has 0 radical (unpaired) electrons. The van der Waals surface area contributed by atoms with E-state index in [9.17, 15) is 14.9 Å². The van der Waals surface area contributed by atoms with E-state index in [1.807, 2.05) is 0 Å². The summed E-state index contributed by atoms with van der Waals surface area (Å²) in [7, 11) is 0. The first-order valence-corrected chi connectivity index (χ1v) is 6.20. The summed E-state index contributed by atoms with van der Waals surface area (Å²) in [5, 5.41) is 38.3. The normalized spacial score (nSPS) is 10.6. The third-order valence-electron chi connectivity index (χ3n) is 3.08. The van der Waals surface area contributed by atoms with E-state index >= 15 is 0 Å². The molecule has 0 aliphatic rings. The van der Waals surface area contributed by atoms with Crippen LogP contribution >= 0.6 is 0 Å². The number of nitro groups is 1. The molecule has 0 saturated carbocycles. The summed E-state index contributed by atoms with van der Waals surface area (Å²) in [6, 6.07) is 1.26. The maximum absolute atomic E-state index is 11.2. The van der Waals surface area contributed by atoms with Gasteiger partial charge in [0.05, 0.1) is 10.5 Å². The Morgan fingerprint density at radius 1 is 1.05 bits per heavy atom. The highest BCUT2D eigenvalue weighted by molar-refractivity contribution is 5.85. The van der Waals surface area contributed by atoms with E-state index in [4.69, 9.17) is 15.3 Å². The average Bonchev–Trinajstić information content (AvgIpc) is 2.42. The molecular weight excluding hydrogens is 266 g/mol. The molecule has 0 unspecified atom stereocenters. The molecule has 1 aromatic rings. The SMILES string of the molecule is O=Cc1c([N+](=O)[O-])cc(CCO)c(CCO)c1CCO. The lowest BCUT2D eigenvalue weighted by atomic mass is 9.90.